The molecule has 0 aromatic heterocycles. The highest BCUT2D eigenvalue weighted by Gasteiger charge is 2.60. The van der Waals surface area contributed by atoms with Crippen LogP contribution in [0.25, 0.3) is 0 Å². The summed E-state index contributed by atoms with van der Waals surface area (Å²) in [5.41, 5.74) is 0.302. The van der Waals surface area contributed by atoms with Crippen molar-refractivity contribution in [3.63, 3.8) is 0 Å². The summed E-state index contributed by atoms with van der Waals surface area (Å²) in [6.45, 7) is 8.15. The Balaban J connectivity index is 2.32. The third-order valence-electron chi connectivity index (χ3n) is 4.96. The SMILES string of the molecule is C=C(CC)CC12CCC(CC)OC1(O)CCCC2=O. The maximum Gasteiger partial charge on any atom is 0.178 e. The molecule has 2 aliphatic rings. The molecule has 0 aromatic rings. The highest BCUT2D eigenvalue weighted by atomic mass is 16.6. The molecular weight excluding hydrogens is 240 g/mol. The average molecular weight is 266 g/mol. The topological polar surface area (TPSA) is 46.5 Å². The van der Waals surface area contributed by atoms with Gasteiger partial charge in [-0.1, -0.05) is 26.0 Å². The number of ether oxygens (including phenoxy) is 1. The Labute approximate surface area is 116 Å². The number of hydrogen-bond acceptors (Lipinski definition) is 3. The van der Waals surface area contributed by atoms with Gasteiger partial charge in [0.05, 0.1) is 11.5 Å². The first-order chi connectivity index (χ1) is 8.97. The first-order valence-corrected chi connectivity index (χ1v) is 7.57. The van der Waals surface area contributed by atoms with Gasteiger partial charge in [0, 0.05) is 12.8 Å². The van der Waals surface area contributed by atoms with Crippen molar-refractivity contribution in [2.24, 2.45) is 5.41 Å². The maximum absolute atomic E-state index is 12.5. The quantitative estimate of drug-likeness (QED) is 0.794. The van der Waals surface area contributed by atoms with Crippen LogP contribution >= 0.6 is 0 Å². The Morgan fingerprint density at radius 1 is 1.47 bits per heavy atom. The predicted octanol–water partition coefficient (Wildman–Crippen LogP) is 3.36. The second kappa shape index (κ2) is 5.37. The van der Waals surface area contributed by atoms with E-state index in [2.05, 4.69) is 13.5 Å². The molecule has 1 N–H and O–H groups in total. The smallest absolute Gasteiger partial charge is 0.178 e. The summed E-state index contributed by atoms with van der Waals surface area (Å²) in [7, 11) is 0. The average Bonchev–Trinajstić information content (AvgIpc) is 2.39. The molecule has 19 heavy (non-hydrogen) atoms. The Bertz CT molecular complexity index is 376. The lowest BCUT2D eigenvalue weighted by molar-refractivity contribution is -0.318. The van der Waals surface area contributed by atoms with Gasteiger partial charge in [0.15, 0.2) is 5.79 Å². The minimum absolute atomic E-state index is 0.0823. The lowest BCUT2D eigenvalue weighted by atomic mass is 9.61. The van der Waals surface area contributed by atoms with Gasteiger partial charge >= 0.3 is 0 Å². The molecule has 1 aliphatic carbocycles. The van der Waals surface area contributed by atoms with Gasteiger partial charge in [-0.05, 0) is 38.5 Å². The number of ketones is 1. The van der Waals surface area contributed by atoms with E-state index in [0.717, 1.165) is 37.7 Å². The molecule has 3 unspecified atom stereocenters. The highest BCUT2D eigenvalue weighted by molar-refractivity contribution is 5.87. The van der Waals surface area contributed by atoms with Crippen LogP contribution in [0.1, 0.15) is 65.2 Å². The molecule has 1 saturated heterocycles. The summed E-state index contributed by atoms with van der Waals surface area (Å²) in [5, 5.41) is 11.0. The second-order valence-electron chi connectivity index (χ2n) is 6.11. The predicted molar refractivity (Wildman–Crippen MR) is 74.7 cm³/mol. The Kier molecular flexibility index (Phi) is 4.17. The van der Waals surface area contributed by atoms with Gasteiger partial charge in [0.1, 0.15) is 5.78 Å². The van der Waals surface area contributed by atoms with Crippen LogP contribution in [0, 0.1) is 5.41 Å². The zero-order valence-corrected chi connectivity index (χ0v) is 12.2. The van der Waals surface area contributed by atoms with E-state index in [0.29, 0.717) is 19.3 Å². The number of aliphatic hydroxyl groups is 1. The summed E-state index contributed by atoms with van der Waals surface area (Å²) >= 11 is 0. The van der Waals surface area contributed by atoms with Gasteiger partial charge in [-0.25, -0.2) is 0 Å². The van der Waals surface area contributed by atoms with Crippen LogP contribution in [0.15, 0.2) is 12.2 Å². The number of hydrogen-bond donors (Lipinski definition) is 1. The fraction of sp³-hybridized carbons (Fsp3) is 0.812. The van der Waals surface area contributed by atoms with Crippen molar-refractivity contribution in [1.82, 2.24) is 0 Å². The number of Topliss-reactive ketones (excluding diaryl/α,β-unsaturated/α-hetero) is 1. The summed E-state index contributed by atoms with van der Waals surface area (Å²) in [4.78, 5) is 12.5. The molecule has 0 amide bonds. The molecule has 1 aliphatic heterocycles. The van der Waals surface area contributed by atoms with Crippen molar-refractivity contribution in [2.45, 2.75) is 77.1 Å². The second-order valence-corrected chi connectivity index (χ2v) is 6.11. The van der Waals surface area contributed by atoms with E-state index in [9.17, 15) is 9.90 Å². The van der Waals surface area contributed by atoms with Crippen LogP contribution in [0.4, 0.5) is 0 Å². The van der Waals surface area contributed by atoms with Crippen molar-refractivity contribution in [3.05, 3.63) is 12.2 Å². The monoisotopic (exact) mass is 266 g/mol. The zero-order valence-electron chi connectivity index (χ0n) is 12.2. The van der Waals surface area contributed by atoms with Gasteiger partial charge in [0.25, 0.3) is 0 Å². The summed E-state index contributed by atoms with van der Waals surface area (Å²) in [5.74, 6) is -1.09. The maximum atomic E-state index is 12.5. The summed E-state index contributed by atoms with van der Waals surface area (Å²) in [6.07, 6.45) is 5.87. The number of carbonyl (C=O) groups is 1. The largest absolute Gasteiger partial charge is 0.365 e. The molecule has 108 valence electrons. The Hall–Kier alpha value is -0.670. The standard InChI is InChI=1S/C16H26O3/c1-4-12(3)11-15-10-8-13(5-2)19-16(15,18)9-6-7-14(15)17/h13,18H,3-11H2,1-2H3. The molecule has 2 fully saturated rings. The zero-order chi connectivity index (χ0) is 14.1. The molecule has 0 spiro atoms. The van der Waals surface area contributed by atoms with E-state index >= 15 is 0 Å². The number of allylic oxidation sites excluding steroid dienone is 1. The van der Waals surface area contributed by atoms with Gasteiger partial charge < -0.3 is 9.84 Å². The first-order valence-electron chi connectivity index (χ1n) is 7.57. The minimum Gasteiger partial charge on any atom is -0.365 e. The fourth-order valence-corrected chi connectivity index (χ4v) is 3.60. The fourth-order valence-electron chi connectivity index (χ4n) is 3.60. The van der Waals surface area contributed by atoms with Crippen LogP contribution in [0.2, 0.25) is 0 Å². The molecule has 1 heterocycles. The van der Waals surface area contributed by atoms with Crippen LogP contribution in [-0.4, -0.2) is 22.8 Å². The van der Waals surface area contributed by atoms with Crippen LogP contribution in [0.3, 0.4) is 0 Å². The van der Waals surface area contributed by atoms with E-state index < -0.39 is 11.2 Å². The van der Waals surface area contributed by atoms with Crippen LogP contribution in [0.5, 0.6) is 0 Å². The molecule has 0 radical (unpaired) electrons. The lowest BCUT2D eigenvalue weighted by Crippen LogP contribution is -2.61. The number of carbonyl (C=O) groups excluding carboxylic acids is 1. The molecule has 3 atom stereocenters. The van der Waals surface area contributed by atoms with E-state index in [-0.39, 0.29) is 11.9 Å². The van der Waals surface area contributed by atoms with Crippen molar-refractivity contribution in [3.8, 4) is 0 Å². The normalized spacial score (nSPS) is 38.9. The molecule has 0 aromatic carbocycles. The summed E-state index contributed by atoms with van der Waals surface area (Å²) < 4.78 is 5.94. The molecule has 2 rings (SSSR count). The van der Waals surface area contributed by atoms with E-state index in [1.54, 1.807) is 0 Å². The molecular formula is C16H26O3. The van der Waals surface area contributed by atoms with Gasteiger partial charge in [-0.15, -0.1) is 0 Å². The Morgan fingerprint density at radius 3 is 2.84 bits per heavy atom. The Morgan fingerprint density at radius 2 is 2.21 bits per heavy atom. The molecule has 1 saturated carbocycles. The van der Waals surface area contributed by atoms with Crippen molar-refractivity contribution in [2.75, 3.05) is 0 Å². The van der Waals surface area contributed by atoms with Crippen LogP contribution in [-0.2, 0) is 9.53 Å². The minimum atomic E-state index is -1.26. The van der Waals surface area contributed by atoms with Crippen molar-refractivity contribution >= 4 is 5.78 Å². The van der Waals surface area contributed by atoms with Crippen molar-refractivity contribution < 1.29 is 14.6 Å². The first kappa shape index (κ1) is 14.7. The number of rotatable bonds is 4. The van der Waals surface area contributed by atoms with Gasteiger partial charge in [-0.2, -0.15) is 0 Å². The highest BCUT2D eigenvalue weighted by Crippen LogP contribution is 2.53. The van der Waals surface area contributed by atoms with Crippen molar-refractivity contribution in [1.29, 1.82) is 0 Å². The molecule has 3 heteroatoms. The van der Waals surface area contributed by atoms with E-state index in [1.807, 2.05) is 6.92 Å². The number of fused-ring (bicyclic) bond motifs is 1. The lowest BCUT2D eigenvalue weighted by Gasteiger charge is -2.54. The summed E-state index contributed by atoms with van der Waals surface area (Å²) in [6, 6.07) is 0. The van der Waals surface area contributed by atoms with E-state index in [1.165, 1.54) is 0 Å². The molecule has 3 nitrogen and oxygen atoms in total. The van der Waals surface area contributed by atoms with Crippen LogP contribution < -0.4 is 0 Å². The third kappa shape index (κ3) is 2.38. The van der Waals surface area contributed by atoms with E-state index in [4.69, 9.17) is 4.74 Å². The third-order valence-corrected chi connectivity index (χ3v) is 4.96. The van der Waals surface area contributed by atoms with Gasteiger partial charge in [-0.3, -0.25) is 4.79 Å². The van der Waals surface area contributed by atoms with Gasteiger partial charge in [0.2, 0.25) is 0 Å². The molecule has 0 bridgehead atoms.